The summed E-state index contributed by atoms with van der Waals surface area (Å²) in [6.07, 6.45) is 1.73. The molecule has 4 heteroatoms. The summed E-state index contributed by atoms with van der Waals surface area (Å²) in [7, 11) is 1.90. The lowest BCUT2D eigenvalue weighted by Gasteiger charge is -2.27. The Hall–Kier alpha value is -1.26. The van der Waals surface area contributed by atoms with Gasteiger partial charge < -0.3 is 14.4 Å². The first kappa shape index (κ1) is 13.2. The van der Waals surface area contributed by atoms with E-state index in [4.69, 9.17) is 4.74 Å². The molecule has 1 atom stereocenters. The molecule has 1 saturated heterocycles. The van der Waals surface area contributed by atoms with E-state index in [0.717, 1.165) is 12.7 Å². The third kappa shape index (κ3) is 2.94. The first-order valence-corrected chi connectivity index (χ1v) is 6.11. The molecule has 1 aromatic carbocycles. The van der Waals surface area contributed by atoms with Gasteiger partial charge in [-0.05, 0) is 19.5 Å². The topological polar surface area (TPSA) is 29.5 Å². The lowest BCUT2D eigenvalue weighted by atomic mass is 9.88. The van der Waals surface area contributed by atoms with Crippen molar-refractivity contribution in [3.63, 3.8) is 0 Å². The Morgan fingerprint density at radius 1 is 1.50 bits per heavy atom. The Bertz CT molecular complexity index is 416. The summed E-state index contributed by atoms with van der Waals surface area (Å²) in [5, 5.41) is 0. The van der Waals surface area contributed by atoms with Crippen LogP contribution in [0.1, 0.15) is 12.0 Å². The zero-order valence-corrected chi connectivity index (χ0v) is 10.6. The van der Waals surface area contributed by atoms with Crippen LogP contribution >= 0.6 is 0 Å². The van der Waals surface area contributed by atoms with Gasteiger partial charge in [-0.15, -0.1) is 0 Å². The van der Waals surface area contributed by atoms with E-state index in [1.165, 1.54) is 6.07 Å². The molecule has 0 spiro atoms. The zero-order valence-electron chi connectivity index (χ0n) is 10.6. The van der Waals surface area contributed by atoms with Crippen LogP contribution in [0.5, 0.6) is 0 Å². The molecular weight excluding hydrogens is 233 g/mol. The van der Waals surface area contributed by atoms with Crippen molar-refractivity contribution in [3.8, 4) is 0 Å². The molecule has 1 aromatic rings. The van der Waals surface area contributed by atoms with Crippen LogP contribution in [0.3, 0.4) is 0 Å². The summed E-state index contributed by atoms with van der Waals surface area (Å²) in [5.41, 5.74) is 0.236. The van der Waals surface area contributed by atoms with Crippen molar-refractivity contribution in [1.29, 1.82) is 0 Å². The number of aldehydes is 1. The van der Waals surface area contributed by atoms with E-state index in [0.29, 0.717) is 31.9 Å². The molecule has 1 fully saturated rings. The highest BCUT2D eigenvalue weighted by molar-refractivity contribution is 5.60. The molecule has 98 valence electrons. The summed E-state index contributed by atoms with van der Waals surface area (Å²) in [5.74, 6) is -0.202. The van der Waals surface area contributed by atoms with Crippen molar-refractivity contribution in [2.24, 2.45) is 5.41 Å². The number of carbonyl (C=O) groups is 1. The standard InChI is InChI=1S/C14H18FNO2/c1-16(8-12-4-2-3-5-13(12)15)9-14(10-17)6-7-18-11-14/h2-5,10H,6-9,11H2,1H3. The Morgan fingerprint density at radius 2 is 2.28 bits per heavy atom. The number of rotatable bonds is 5. The predicted molar refractivity (Wildman–Crippen MR) is 66.7 cm³/mol. The predicted octanol–water partition coefficient (Wildman–Crippen LogP) is 1.86. The quantitative estimate of drug-likeness (QED) is 0.748. The van der Waals surface area contributed by atoms with Gasteiger partial charge in [0, 0.05) is 25.3 Å². The smallest absolute Gasteiger partial charge is 0.129 e. The number of nitrogens with zero attached hydrogens (tertiary/aromatic N) is 1. The largest absolute Gasteiger partial charge is 0.380 e. The van der Waals surface area contributed by atoms with Gasteiger partial charge in [-0.3, -0.25) is 0 Å². The van der Waals surface area contributed by atoms with Crippen molar-refractivity contribution >= 4 is 6.29 Å². The highest BCUT2D eigenvalue weighted by atomic mass is 19.1. The van der Waals surface area contributed by atoms with Crippen LogP contribution in [0.25, 0.3) is 0 Å². The number of ether oxygens (including phenoxy) is 1. The number of halogens is 1. The SMILES string of the molecule is CN(Cc1ccccc1F)CC1(C=O)CCOC1. The average molecular weight is 251 g/mol. The maximum absolute atomic E-state index is 13.5. The molecule has 1 heterocycles. The number of benzene rings is 1. The van der Waals surface area contributed by atoms with E-state index in [2.05, 4.69) is 0 Å². The van der Waals surface area contributed by atoms with Gasteiger partial charge in [0.2, 0.25) is 0 Å². The van der Waals surface area contributed by atoms with Crippen molar-refractivity contribution in [3.05, 3.63) is 35.6 Å². The fraction of sp³-hybridized carbons (Fsp3) is 0.500. The van der Waals surface area contributed by atoms with Crippen LogP contribution in [0.2, 0.25) is 0 Å². The highest BCUT2D eigenvalue weighted by Gasteiger charge is 2.35. The minimum absolute atomic E-state index is 0.202. The Balaban J connectivity index is 1.98. The maximum atomic E-state index is 13.5. The Labute approximate surface area is 107 Å². The van der Waals surface area contributed by atoms with E-state index in [-0.39, 0.29) is 5.82 Å². The molecule has 0 radical (unpaired) electrons. The molecule has 3 nitrogen and oxygen atoms in total. The molecule has 1 unspecified atom stereocenters. The van der Waals surface area contributed by atoms with E-state index in [1.807, 2.05) is 18.0 Å². The minimum Gasteiger partial charge on any atom is -0.380 e. The van der Waals surface area contributed by atoms with E-state index in [1.54, 1.807) is 12.1 Å². The molecule has 0 N–H and O–H groups in total. The summed E-state index contributed by atoms with van der Waals surface area (Å²) in [6, 6.07) is 6.72. The second-order valence-electron chi connectivity index (χ2n) is 5.05. The van der Waals surface area contributed by atoms with Gasteiger partial charge in [-0.1, -0.05) is 18.2 Å². The minimum atomic E-state index is -0.417. The van der Waals surface area contributed by atoms with Crippen LogP contribution in [0.4, 0.5) is 4.39 Å². The zero-order chi connectivity index (χ0) is 13.0. The van der Waals surface area contributed by atoms with Crippen molar-refractivity contribution < 1.29 is 13.9 Å². The molecular formula is C14H18FNO2. The first-order chi connectivity index (χ1) is 8.65. The second-order valence-corrected chi connectivity index (χ2v) is 5.05. The van der Waals surface area contributed by atoms with Crippen molar-refractivity contribution in [2.75, 3.05) is 26.8 Å². The molecule has 0 aliphatic carbocycles. The van der Waals surface area contributed by atoms with Gasteiger partial charge in [-0.2, -0.15) is 0 Å². The Kier molecular flexibility index (Phi) is 4.09. The molecule has 2 rings (SSSR count). The molecule has 1 aliphatic rings. The van der Waals surface area contributed by atoms with Crippen molar-refractivity contribution in [1.82, 2.24) is 4.90 Å². The van der Waals surface area contributed by atoms with E-state index < -0.39 is 5.41 Å². The fourth-order valence-electron chi connectivity index (χ4n) is 2.39. The second kappa shape index (κ2) is 5.59. The van der Waals surface area contributed by atoms with Crippen LogP contribution < -0.4 is 0 Å². The number of hydrogen-bond acceptors (Lipinski definition) is 3. The normalized spacial score (nSPS) is 23.5. The average Bonchev–Trinajstić information content (AvgIpc) is 2.81. The highest BCUT2D eigenvalue weighted by Crippen LogP contribution is 2.27. The third-order valence-electron chi connectivity index (χ3n) is 3.37. The van der Waals surface area contributed by atoms with Crippen LogP contribution in [-0.2, 0) is 16.1 Å². The molecule has 18 heavy (non-hydrogen) atoms. The van der Waals surface area contributed by atoms with Gasteiger partial charge in [-0.25, -0.2) is 4.39 Å². The molecule has 0 saturated carbocycles. The molecule has 1 aliphatic heterocycles. The van der Waals surface area contributed by atoms with Crippen LogP contribution in [0.15, 0.2) is 24.3 Å². The molecule has 0 amide bonds. The van der Waals surface area contributed by atoms with Gasteiger partial charge in [0.25, 0.3) is 0 Å². The summed E-state index contributed by atoms with van der Waals surface area (Å²) in [4.78, 5) is 13.2. The molecule has 0 aromatic heterocycles. The lowest BCUT2D eigenvalue weighted by Crippen LogP contribution is -2.37. The summed E-state index contributed by atoms with van der Waals surface area (Å²) < 4.78 is 18.8. The van der Waals surface area contributed by atoms with Crippen LogP contribution in [-0.4, -0.2) is 38.0 Å². The van der Waals surface area contributed by atoms with Gasteiger partial charge in [0.15, 0.2) is 0 Å². The number of carbonyl (C=O) groups excluding carboxylic acids is 1. The van der Waals surface area contributed by atoms with E-state index >= 15 is 0 Å². The van der Waals surface area contributed by atoms with Crippen LogP contribution in [0, 0.1) is 11.2 Å². The van der Waals surface area contributed by atoms with Gasteiger partial charge in [0.05, 0.1) is 12.0 Å². The lowest BCUT2D eigenvalue weighted by molar-refractivity contribution is -0.117. The monoisotopic (exact) mass is 251 g/mol. The fourth-order valence-corrected chi connectivity index (χ4v) is 2.39. The summed E-state index contributed by atoms with van der Waals surface area (Å²) in [6.45, 7) is 2.21. The van der Waals surface area contributed by atoms with Gasteiger partial charge >= 0.3 is 0 Å². The third-order valence-corrected chi connectivity index (χ3v) is 3.37. The number of hydrogen-bond donors (Lipinski definition) is 0. The summed E-state index contributed by atoms with van der Waals surface area (Å²) >= 11 is 0. The van der Waals surface area contributed by atoms with E-state index in [9.17, 15) is 9.18 Å². The Morgan fingerprint density at radius 3 is 2.89 bits per heavy atom. The van der Waals surface area contributed by atoms with Gasteiger partial charge in [0.1, 0.15) is 12.1 Å². The first-order valence-electron chi connectivity index (χ1n) is 6.11. The maximum Gasteiger partial charge on any atom is 0.129 e. The molecule has 0 bridgehead atoms. The van der Waals surface area contributed by atoms with Crippen molar-refractivity contribution in [2.45, 2.75) is 13.0 Å².